The highest BCUT2D eigenvalue weighted by atomic mass is 79.9. The molecule has 1 saturated heterocycles. The van der Waals surface area contributed by atoms with Crippen LogP contribution in [0.2, 0.25) is 0 Å². The van der Waals surface area contributed by atoms with Crippen LogP contribution in [-0.2, 0) is 9.53 Å². The Balaban J connectivity index is 1.80. The Labute approximate surface area is 135 Å². The average Bonchev–Trinajstić information content (AvgIpc) is 2.89. The van der Waals surface area contributed by atoms with E-state index in [-0.39, 0.29) is 11.5 Å². The van der Waals surface area contributed by atoms with E-state index < -0.39 is 12.2 Å². The van der Waals surface area contributed by atoms with Crippen LogP contribution in [0.5, 0.6) is 0 Å². The second kappa shape index (κ2) is 6.15. The highest BCUT2D eigenvalue weighted by Crippen LogP contribution is 2.23. The van der Waals surface area contributed by atoms with Crippen LogP contribution in [0.25, 0.3) is 0 Å². The van der Waals surface area contributed by atoms with Crippen LogP contribution in [0, 0.1) is 0 Å². The van der Waals surface area contributed by atoms with E-state index in [9.17, 15) is 9.59 Å². The molecule has 1 aliphatic rings. The summed E-state index contributed by atoms with van der Waals surface area (Å²) in [6, 6.07) is 16.3. The number of cyclic esters (lactones) is 1. The average molecular weight is 358 g/mol. The molecule has 0 spiro atoms. The van der Waals surface area contributed by atoms with E-state index in [0.29, 0.717) is 5.56 Å². The minimum Gasteiger partial charge on any atom is -0.433 e. The number of hydrogen-bond acceptors (Lipinski definition) is 4. The molecule has 1 atom stereocenters. The molecule has 5 heteroatoms. The van der Waals surface area contributed by atoms with Gasteiger partial charge < -0.3 is 10.1 Å². The molecular weight excluding hydrogens is 346 g/mol. The Morgan fingerprint density at radius 2 is 1.91 bits per heavy atom. The maximum atomic E-state index is 12.2. The van der Waals surface area contributed by atoms with Crippen LogP contribution in [0.1, 0.15) is 22.1 Å². The van der Waals surface area contributed by atoms with Gasteiger partial charge in [0.25, 0.3) is 0 Å². The molecule has 22 heavy (non-hydrogen) atoms. The minimum atomic E-state index is -0.560. The topological polar surface area (TPSA) is 55.4 Å². The first kappa shape index (κ1) is 14.5. The Kier molecular flexibility index (Phi) is 4.06. The monoisotopic (exact) mass is 357 g/mol. The lowest BCUT2D eigenvalue weighted by atomic mass is 10.1. The van der Waals surface area contributed by atoms with Crippen molar-refractivity contribution in [3.8, 4) is 0 Å². The van der Waals surface area contributed by atoms with Gasteiger partial charge in [-0.25, -0.2) is 4.79 Å². The van der Waals surface area contributed by atoms with Crippen LogP contribution >= 0.6 is 15.9 Å². The van der Waals surface area contributed by atoms with Crippen LogP contribution in [-0.4, -0.2) is 11.8 Å². The first-order valence-electron chi connectivity index (χ1n) is 6.67. The molecule has 0 aromatic heterocycles. The number of carbonyl (C=O) groups is 2. The molecule has 4 nitrogen and oxygen atoms in total. The molecule has 0 aliphatic carbocycles. The summed E-state index contributed by atoms with van der Waals surface area (Å²) < 4.78 is 6.05. The minimum absolute atomic E-state index is 0.166. The third kappa shape index (κ3) is 3.09. The predicted molar refractivity (Wildman–Crippen MR) is 85.0 cm³/mol. The van der Waals surface area contributed by atoms with Gasteiger partial charge in [0.05, 0.1) is 0 Å². The van der Waals surface area contributed by atoms with E-state index in [1.807, 2.05) is 36.4 Å². The van der Waals surface area contributed by atoms with Gasteiger partial charge in [-0.05, 0) is 12.1 Å². The van der Waals surface area contributed by atoms with Crippen molar-refractivity contribution in [1.29, 1.82) is 0 Å². The van der Waals surface area contributed by atoms with Gasteiger partial charge >= 0.3 is 5.97 Å². The molecule has 3 rings (SSSR count). The zero-order valence-electron chi connectivity index (χ0n) is 11.5. The van der Waals surface area contributed by atoms with Gasteiger partial charge in [-0.3, -0.25) is 4.79 Å². The van der Waals surface area contributed by atoms with Crippen molar-refractivity contribution in [2.24, 2.45) is 0 Å². The van der Waals surface area contributed by atoms with Crippen molar-refractivity contribution >= 4 is 27.7 Å². The summed E-state index contributed by atoms with van der Waals surface area (Å²) in [6.07, 6.45) is 0.711. The van der Waals surface area contributed by atoms with Crippen molar-refractivity contribution < 1.29 is 14.3 Å². The highest BCUT2D eigenvalue weighted by Gasteiger charge is 2.29. The number of allylic oxidation sites excluding steroid dienone is 1. The lowest BCUT2D eigenvalue weighted by Crippen LogP contribution is -2.14. The Bertz CT molecular complexity index is 756. The summed E-state index contributed by atoms with van der Waals surface area (Å²) in [4.78, 5) is 24.1. The molecule has 2 aromatic carbocycles. The highest BCUT2D eigenvalue weighted by molar-refractivity contribution is 9.10. The van der Waals surface area contributed by atoms with E-state index in [1.165, 1.54) is 6.08 Å². The molecule has 2 aromatic rings. The summed E-state index contributed by atoms with van der Waals surface area (Å²) in [7, 11) is 0. The largest absolute Gasteiger partial charge is 0.433 e. The molecule has 1 aliphatic heterocycles. The van der Waals surface area contributed by atoms with Crippen molar-refractivity contribution in [1.82, 2.24) is 5.32 Å². The molecule has 0 bridgehead atoms. The quantitative estimate of drug-likeness (QED) is 0.519. The Morgan fingerprint density at radius 3 is 2.64 bits per heavy atom. The van der Waals surface area contributed by atoms with E-state index in [2.05, 4.69) is 21.2 Å². The van der Waals surface area contributed by atoms with Gasteiger partial charge in [0.15, 0.2) is 12.0 Å². The molecule has 0 amide bonds. The fraction of sp³-hybridized carbons (Fsp3) is 0.0588. The number of nitrogens with one attached hydrogen (secondary N) is 1. The van der Waals surface area contributed by atoms with E-state index in [1.54, 1.807) is 18.2 Å². The van der Waals surface area contributed by atoms with Gasteiger partial charge in [-0.15, -0.1) is 0 Å². The fourth-order valence-corrected chi connectivity index (χ4v) is 2.54. The molecule has 0 saturated carbocycles. The van der Waals surface area contributed by atoms with Crippen LogP contribution in [0.4, 0.5) is 0 Å². The molecule has 1 heterocycles. The zero-order chi connectivity index (χ0) is 15.5. The van der Waals surface area contributed by atoms with Gasteiger partial charge in [-0.1, -0.05) is 58.4 Å². The van der Waals surface area contributed by atoms with Crippen LogP contribution < -0.4 is 5.32 Å². The standard InChI is InChI=1S/C17H12BrNO3/c18-13-8-4-7-12(9-13)15(20)10-14-17(21)22-16(19-14)11-5-2-1-3-6-11/h1-10,16,19H/b14-10+. The first-order valence-corrected chi connectivity index (χ1v) is 7.47. The number of ketones is 1. The van der Waals surface area contributed by atoms with Gasteiger partial charge in [-0.2, -0.15) is 0 Å². The molecule has 1 unspecified atom stereocenters. The van der Waals surface area contributed by atoms with E-state index in [0.717, 1.165) is 10.0 Å². The van der Waals surface area contributed by atoms with Crippen molar-refractivity contribution in [2.45, 2.75) is 6.23 Å². The second-order valence-electron chi connectivity index (χ2n) is 4.77. The maximum absolute atomic E-state index is 12.2. The zero-order valence-corrected chi connectivity index (χ0v) is 13.0. The molecule has 110 valence electrons. The number of carbonyl (C=O) groups excluding carboxylic acids is 2. The fourth-order valence-electron chi connectivity index (χ4n) is 2.14. The van der Waals surface area contributed by atoms with E-state index >= 15 is 0 Å². The van der Waals surface area contributed by atoms with Crippen LogP contribution in [0.15, 0.2) is 70.8 Å². The van der Waals surface area contributed by atoms with Crippen molar-refractivity contribution in [3.63, 3.8) is 0 Å². The lowest BCUT2D eigenvalue weighted by molar-refractivity contribution is -0.139. The summed E-state index contributed by atoms with van der Waals surface area (Å²) in [5.41, 5.74) is 1.49. The number of ether oxygens (including phenoxy) is 1. The van der Waals surface area contributed by atoms with Gasteiger partial charge in [0, 0.05) is 21.7 Å². The molecular formula is C17H12BrNO3. The Hall–Kier alpha value is -2.40. The van der Waals surface area contributed by atoms with Crippen molar-refractivity contribution in [3.05, 3.63) is 82.0 Å². The maximum Gasteiger partial charge on any atom is 0.356 e. The smallest absolute Gasteiger partial charge is 0.356 e. The number of rotatable bonds is 3. The van der Waals surface area contributed by atoms with E-state index in [4.69, 9.17) is 4.74 Å². The van der Waals surface area contributed by atoms with Crippen LogP contribution in [0.3, 0.4) is 0 Å². The summed E-state index contributed by atoms with van der Waals surface area (Å²) in [5.74, 6) is -0.785. The second-order valence-corrected chi connectivity index (χ2v) is 5.69. The number of hydrogen-bond donors (Lipinski definition) is 1. The number of halogens is 1. The third-order valence-electron chi connectivity index (χ3n) is 3.22. The van der Waals surface area contributed by atoms with Crippen molar-refractivity contribution in [2.75, 3.05) is 0 Å². The normalized spacial score (nSPS) is 18.9. The first-order chi connectivity index (χ1) is 10.6. The molecule has 0 radical (unpaired) electrons. The third-order valence-corrected chi connectivity index (χ3v) is 3.71. The van der Waals surface area contributed by atoms with Gasteiger partial charge in [0.2, 0.25) is 0 Å². The molecule has 1 fully saturated rings. The summed E-state index contributed by atoms with van der Waals surface area (Å²) in [5, 5.41) is 2.93. The number of esters is 1. The summed E-state index contributed by atoms with van der Waals surface area (Å²) >= 11 is 3.31. The SMILES string of the molecule is O=C1OC(c2ccccc2)N/C1=C/C(=O)c1cccc(Br)c1. The Morgan fingerprint density at radius 1 is 1.14 bits per heavy atom. The lowest BCUT2D eigenvalue weighted by Gasteiger charge is -2.08. The summed E-state index contributed by atoms with van der Waals surface area (Å²) in [6.45, 7) is 0. The number of benzene rings is 2. The molecule has 1 N–H and O–H groups in total. The predicted octanol–water partition coefficient (Wildman–Crippen LogP) is 3.36. The van der Waals surface area contributed by atoms with Gasteiger partial charge in [0.1, 0.15) is 5.70 Å².